The second-order valence-electron chi connectivity index (χ2n) is 8.96. The standard InChI is InChI=1S/C27H31N3O4S/c31-27(28-25-9-11-26(12-10-25)35(32,33)30-15-17-34-18-16-30)23-7-5-21(6-8-23)19-29-14-13-22-3-1-2-4-24(22)20-29/h1-12,32-33H,13-20H2,(H,28,31). The quantitative estimate of drug-likeness (QED) is 0.455. The van der Waals surface area contributed by atoms with E-state index in [2.05, 4.69) is 34.5 Å². The Hall–Kier alpha value is -2.72. The summed E-state index contributed by atoms with van der Waals surface area (Å²) in [5.74, 6) is -0.198. The van der Waals surface area contributed by atoms with Gasteiger partial charge in [-0.2, -0.15) is 4.31 Å². The van der Waals surface area contributed by atoms with Crippen LogP contribution in [-0.2, 0) is 24.2 Å². The second kappa shape index (κ2) is 10.5. The molecule has 0 atom stereocenters. The van der Waals surface area contributed by atoms with Gasteiger partial charge in [0.05, 0.1) is 18.1 Å². The lowest BCUT2D eigenvalue weighted by molar-refractivity contribution is 0.0685. The maximum atomic E-state index is 12.7. The van der Waals surface area contributed by atoms with Crippen molar-refractivity contribution in [2.45, 2.75) is 24.4 Å². The van der Waals surface area contributed by atoms with Crippen LogP contribution in [0.4, 0.5) is 5.69 Å². The molecule has 0 bridgehead atoms. The fraction of sp³-hybridized carbons (Fsp3) is 0.296. The first-order valence-electron chi connectivity index (χ1n) is 11.9. The Morgan fingerprint density at radius 3 is 2.29 bits per heavy atom. The maximum absolute atomic E-state index is 12.7. The molecule has 0 unspecified atom stereocenters. The van der Waals surface area contributed by atoms with Gasteiger partial charge in [-0.3, -0.25) is 18.8 Å². The summed E-state index contributed by atoms with van der Waals surface area (Å²) in [6.07, 6.45) is 1.07. The van der Waals surface area contributed by atoms with Crippen LogP contribution in [0.2, 0.25) is 0 Å². The molecule has 1 fully saturated rings. The molecule has 7 nitrogen and oxygen atoms in total. The average molecular weight is 494 g/mol. The van der Waals surface area contributed by atoms with Gasteiger partial charge in [0.25, 0.3) is 5.91 Å². The Kier molecular flexibility index (Phi) is 7.19. The minimum Gasteiger partial charge on any atom is -0.379 e. The predicted molar refractivity (Wildman–Crippen MR) is 139 cm³/mol. The van der Waals surface area contributed by atoms with E-state index >= 15 is 0 Å². The lowest BCUT2D eigenvalue weighted by Crippen LogP contribution is -2.38. The zero-order valence-electron chi connectivity index (χ0n) is 19.6. The van der Waals surface area contributed by atoms with E-state index in [4.69, 9.17) is 4.74 Å². The molecule has 35 heavy (non-hydrogen) atoms. The highest BCUT2D eigenvalue weighted by Crippen LogP contribution is 2.51. The highest BCUT2D eigenvalue weighted by molar-refractivity contribution is 8.22. The summed E-state index contributed by atoms with van der Waals surface area (Å²) in [7, 11) is -3.06. The Morgan fingerprint density at radius 2 is 1.57 bits per heavy atom. The van der Waals surface area contributed by atoms with Crippen LogP contribution in [0.25, 0.3) is 0 Å². The molecular formula is C27H31N3O4S. The minimum absolute atomic E-state index is 0.198. The number of nitrogens with zero attached hydrogens (tertiary/aromatic N) is 2. The highest BCUT2D eigenvalue weighted by atomic mass is 32.3. The zero-order chi connectivity index (χ0) is 24.3. The average Bonchev–Trinajstić information content (AvgIpc) is 2.90. The van der Waals surface area contributed by atoms with Crippen LogP contribution >= 0.6 is 10.8 Å². The molecule has 1 amide bonds. The molecule has 0 aromatic heterocycles. The monoisotopic (exact) mass is 493 g/mol. The zero-order valence-corrected chi connectivity index (χ0v) is 20.4. The lowest BCUT2D eigenvalue weighted by Gasteiger charge is -2.44. The molecule has 3 aromatic carbocycles. The van der Waals surface area contributed by atoms with Gasteiger partial charge < -0.3 is 10.1 Å². The van der Waals surface area contributed by atoms with Crippen LogP contribution in [0.1, 0.15) is 27.0 Å². The number of fused-ring (bicyclic) bond motifs is 1. The number of ether oxygens (including phenoxy) is 1. The predicted octanol–water partition coefficient (Wildman–Crippen LogP) is 4.85. The number of morpholine rings is 1. The smallest absolute Gasteiger partial charge is 0.255 e. The Morgan fingerprint density at radius 1 is 0.886 bits per heavy atom. The van der Waals surface area contributed by atoms with Crippen molar-refractivity contribution in [2.75, 3.05) is 38.2 Å². The van der Waals surface area contributed by atoms with Crippen molar-refractivity contribution in [3.63, 3.8) is 0 Å². The van der Waals surface area contributed by atoms with Gasteiger partial charge in [-0.25, -0.2) is 0 Å². The van der Waals surface area contributed by atoms with Gasteiger partial charge in [-0.1, -0.05) is 36.4 Å². The summed E-state index contributed by atoms with van der Waals surface area (Å²) in [6.45, 7) is 4.75. The van der Waals surface area contributed by atoms with Crippen LogP contribution < -0.4 is 5.32 Å². The molecule has 0 spiro atoms. The number of carbonyl (C=O) groups is 1. The van der Waals surface area contributed by atoms with E-state index in [1.807, 2.05) is 24.3 Å². The van der Waals surface area contributed by atoms with Gasteiger partial charge in [0.2, 0.25) is 0 Å². The molecule has 0 aliphatic carbocycles. The van der Waals surface area contributed by atoms with Crippen molar-refractivity contribution >= 4 is 22.4 Å². The van der Waals surface area contributed by atoms with Crippen molar-refractivity contribution in [3.05, 3.63) is 95.1 Å². The molecule has 2 aliphatic rings. The van der Waals surface area contributed by atoms with Crippen molar-refractivity contribution in [2.24, 2.45) is 0 Å². The first-order valence-corrected chi connectivity index (χ1v) is 13.4. The van der Waals surface area contributed by atoms with Gasteiger partial charge in [0, 0.05) is 44.0 Å². The molecule has 0 radical (unpaired) electrons. The third kappa shape index (κ3) is 5.59. The number of benzene rings is 3. The van der Waals surface area contributed by atoms with Crippen molar-refractivity contribution in [3.8, 4) is 0 Å². The van der Waals surface area contributed by atoms with Gasteiger partial charge in [0.1, 0.15) is 0 Å². The van der Waals surface area contributed by atoms with Gasteiger partial charge in [-0.05, 0) is 59.5 Å². The number of anilines is 1. The summed E-state index contributed by atoms with van der Waals surface area (Å²) >= 11 is 0. The van der Waals surface area contributed by atoms with E-state index in [-0.39, 0.29) is 5.91 Å². The number of nitrogens with one attached hydrogen (secondary N) is 1. The van der Waals surface area contributed by atoms with Crippen LogP contribution in [0.5, 0.6) is 0 Å². The summed E-state index contributed by atoms with van der Waals surface area (Å²) in [4.78, 5) is 15.6. The Labute approximate surface area is 207 Å². The molecule has 2 aliphatic heterocycles. The number of carbonyl (C=O) groups excluding carboxylic acids is 1. The van der Waals surface area contributed by atoms with Crippen LogP contribution in [0.15, 0.2) is 77.7 Å². The van der Waals surface area contributed by atoms with E-state index in [1.165, 1.54) is 16.7 Å². The summed E-state index contributed by atoms with van der Waals surface area (Å²) in [5.41, 5.74) is 5.20. The third-order valence-electron chi connectivity index (χ3n) is 6.59. The summed E-state index contributed by atoms with van der Waals surface area (Å²) < 4.78 is 28.3. The first-order chi connectivity index (χ1) is 17.0. The van der Waals surface area contributed by atoms with E-state index in [0.717, 1.165) is 26.1 Å². The number of hydrogen-bond donors (Lipinski definition) is 3. The molecule has 8 heteroatoms. The Balaban J connectivity index is 1.17. The largest absolute Gasteiger partial charge is 0.379 e. The number of amides is 1. The minimum atomic E-state index is -3.06. The Bertz CT molecular complexity index is 1160. The number of hydrogen-bond acceptors (Lipinski definition) is 6. The van der Waals surface area contributed by atoms with E-state index in [1.54, 1.807) is 28.6 Å². The topological polar surface area (TPSA) is 85.3 Å². The van der Waals surface area contributed by atoms with Crippen molar-refractivity contribution in [1.82, 2.24) is 9.21 Å². The maximum Gasteiger partial charge on any atom is 0.255 e. The van der Waals surface area contributed by atoms with E-state index < -0.39 is 10.8 Å². The molecule has 1 saturated heterocycles. The fourth-order valence-electron chi connectivity index (χ4n) is 4.58. The van der Waals surface area contributed by atoms with Gasteiger partial charge in [0.15, 0.2) is 0 Å². The molecular weight excluding hydrogens is 462 g/mol. The normalized spacial score (nSPS) is 17.5. The van der Waals surface area contributed by atoms with E-state index in [9.17, 15) is 13.9 Å². The summed E-state index contributed by atoms with van der Waals surface area (Å²) in [6, 6.07) is 23.0. The summed E-state index contributed by atoms with van der Waals surface area (Å²) in [5, 5.41) is 2.89. The molecule has 0 saturated carbocycles. The molecule has 5 rings (SSSR count). The first kappa shape index (κ1) is 24.0. The molecule has 184 valence electrons. The second-order valence-corrected chi connectivity index (χ2v) is 11.0. The SMILES string of the molecule is O=C(Nc1ccc(S(O)(O)N2CCOCC2)cc1)c1ccc(CN2CCc3ccccc3C2)cc1. The molecule has 3 N–H and O–H groups in total. The van der Waals surface area contributed by atoms with Crippen molar-refractivity contribution < 1.29 is 18.6 Å². The van der Waals surface area contributed by atoms with Gasteiger partial charge >= 0.3 is 0 Å². The molecule has 3 aromatic rings. The van der Waals surface area contributed by atoms with Crippen LogP contribution in [0.3, 0.4) is 0 Å². The van der Waals surface area contributed by atoms with Crippen molar-refractivity contribution in [1.29, 1.82) is 0 Å². The van der Waals surface area contributed by atoms with Crippen LogP contribution in [-0.4, -0.2) is 57.1 Å². The third-order valence-corrected chi connectivity index (χ3v) is 8.58. The highest BCUT2D eigenvalue weighted by Gasteiger charge is 2.27. The van der Waals surface area contributed by atoms with Gasteiger partial charge in [-0.15, -0.1) is 10.8 Å². The fourth-order valence-corrected chi connectivity index (χ4v) is 6.04. The molecule has 2 heterocycles. The van der Waals surface area contributed by atoms with E-state index in [0.29, 0.717) is 42.4 Å². The number of rotatable bonds is 6. The lowest BCUT2D eigenvalue weighted by atomic mass is 9.99. The van der Waals surface area contributed by atoms with Crippen LogP contribution in [0, 0.1) is 0 Å².